The first kappa shape index (κ1) is 16.6. The average molecular weight is 380 g/mol. The van der Waals surface area contributed by atoms with Crippen LogP contribution in [0.4, 0.5) is 0 Å². The third kappa shape index (κ3) is 2.63. The molecule has 0 aliphatic heterocycles. The Labute approximate surface area is 167 Å². The Bertz CT molecular complexity index is 1370. The summed E-state index contributed by atoms with van der Waals surface area (Å²) in [5.41, 5.74) is 5.29. The van der Waals surface area contributed by atoms with E-state index in [2.05, 4.69) is 30.3 Å². The molecule has 0 N–H and O–H groups in total. The predicted octanol–water partition coefficient (Wildman–Crippen LogP) is 6.35. The van der Waals surface area contributed by atoms with Gasteiger partial charge < -0.3 is 0 Å². The van der Waals surface area contributed by atoms with Crippen LogP contribution in [0, 0.1) is 11.3 Å². The van der Waals surface area contributed by atoms with Gasteiger partial charge in [-0.3, -0.25) is 0 Å². The van der Waals surface area contributed by atoms with Gasteiger partial charge in [-0.15, -0.1) is 0 Å². The number of fused-ring (bicyclic) bond motifs is 2. The number of hydrogen-bond acceptors (Lipinski definition) is 2. The van der Waals surface area contributed by atoms with Crippen molar-refractivity contribution < 1.29 is 0 Å². The van der Waals surface area contributed by atoms with Gasteiger partial charge in [0.15, 0.2) is 0 Å². The maximum Gasteiger partial charge on any atom is 0.0999 e. The molecule has 0 radical (unpaired) electrons. The van der Waals surface area contributed by atoms with Crippen molar-refractivity contribution in [1.82, 2.24) is 9.61 Å². The summed E-state index contributed by atoms with van der Waals surface area (Å²) in [6.07, 6.45) is 1.84. The normalized spacial score (nSPS) is 11.0. The fourth-order valence-electron chi connectivity index (χ4n) is 3.64. The molecule has 0 fully saturated rings. The highest BCUT2D eigenvalue weighted by molar-refractivity contribution is 6.30. The number of aromatic nitrogens is 2. The molecular formula is C24H14ClN3. The topological polar surface area (TPSA) is 41.1 Å². The first-order valence-corrected chi connectivity index (χ1v) is 9.29. The zero-order valence-corrected chi connectivity index (χ0v) is 15.6. The number of benzene rings is 3. The van der Waals surface area contributed by atoms with Crippen LogP contribution in [-0.4, -0.2) is 9.61 Å². The summed E-state index contributed by atoms with van der Waals surface area (Å²) < 4.78 is 1.84. The lowest BCUT2D eigenvalue weighted by Crippen LogP contribution is -1.94. The molecule has 5 rings (SSSR count). The summed E-state index contributed by atoms with van der Waals surface area (Å²) >= 11 is 6.02. The average Bonchev–Trinajstić information content (AvgIpc) is 3.17. The number of pyridine rings is 1. The van der Waals surface area contributed by atoms with Gasteiger partial charge in [0.1, 0.15) is 0 Å². The van der Waals surface area contributed by atoms with Crippen molar-refractivity contribution in [1.29, 1.82) is 5.26 Å². The van der Waals surface area contributed by atoms with Crippen LogP contribution in [-0.2, 0) is 0 Å². The fourth-order valence-corrected chi connectivity index (χ4v) is 3.77. The summed E-state index contributed by atoms with van der Waals surface area (Å²) in [5, 5.41) is 17.4. The summed E-state index contributed by atoms with van der Waals surface area (Å²) in [7, 11) is 0. The number of nitriles is 1. The van der Waals surface area contributed by atoms with E-state index in [1.54, 1.807) is 0 Å². The Morgan fingerprint density at radius 2 is 1.68 bits per heavy atom. The van der Waals surface area contributed by atoms with Crippen molar-refractivity contribution in [2.45, 2.75) is 0 Å². The lowest BCUT2D eigenvalue weighted by Gasteiger charge is -2.10. The molecule has 0 amide bonds. The lowest BCUT2D eigenvalue weighted by molar-refractivity contribution is 0.965. The maximum atomic E-state index is 9.77. The largest absolute Gasteiger partial charge is 0.240 e. The van der Waals surface area contributed by atoms with Gasteiger partial charge in [0.05, 0.1) is 22.8 Å². The van der Waals surface area contributed by atoms with Crippen molar-refractivity contribution >= 4 is 27.9 Å². The first-order chi connectivity index (χ1) is 13.7. The standard InChI is InChI=1S/C24H14ClN3/c25-19-10-8-17(9-11-19)22-14-23-24(18(15-26)12-13-28(23)27-22)21-7-3-5-16-4-1-2-6-20(16)21/h1-14H. The van der Waals surface area contributed by atoms with E-state index in [0.29, 0.717) is 10.6 Å². The highest BCUT2D eigenvalue weighted by Crippen LogP contribution is 2.35. The zero-order chi connectivity index (χ0) is 19.1. The van der Waals surface area contributed by atoms with Gasteiger partial charge in [0.2, 0.25) is 0 Å². The van der Waals surface area contributed by atoms with E-state index in [-0.39, 0.29) is 0 Å². The van der Waals surface area contributed by atoms with Gasteiger partial charge in [-0.2, -0.15) is 10.4 Å². The SMILES string of the molecule is N#Cc1ccn2nc(-c3ccc(Cl)cc3)cc2c1-c1cccc2ccccc12. The van der Waals surface area contributed by atoms with Crippen LogP contribution in [0.3, 0.4) is 0 Å². The summed E-state index contributed by atoms with van der Waals surface area (Å²) in [5.74, 6) is 0. The minimum atomic E-state index is 0.631. The summed E-state index contributed by atoms with van der Waals surface area (Å²) in [6.45, 7) is 0. The second kappa shape index (κ2) is 6.53. The molecule has 3 nitrogen and oxygen atoms in total. The monoisotopic (exact) mass is 379 g/mol. The molecule has 28 heavy (non-hydrogen) atoms. The van der Waals surface area contributed by atoms with Crippen molar-refractivity contribution in [2.24, 2.45) is 0 Å². The van der Waals surface area contributed by atoms with E-state index >= 15 is 0 Å². The zero-order valence-electron chi connectivity index (χ0n) is 14.8. The van der Waals surface area contributed by atoms with Crippen LogP contribution >= 0.6 is 11.6 Å². The first-order valence-electron chi connectivity index (χ1n) is 8.91. The van der Waals surface area contributed by atoms with Crippen LogP contribution in [0.1, 0.15) is 5.56 Å². The molecule has 0 saturated carbocycles. The molecule has 0 saturated heterocycles. The molecule has 3 aromatic carbocycles. The molecule has 2 heterocycles. The molecular weight excluding hydrogens is 366 g/mol. The lowest BCUT2D eigenvalue weighted by atomic mass is 9.94. The van der Waals surface area contributed by atoms with Crippen LogP contribution in [0.25, 0.3) is 38.7 Å². The fraction of sp³-hybridized carbons (Fsp3) is 0. The molecule has 0 unspecified atom stereocenters. The Balaban J connectivity index is 1.82. The highest BCUT2D eigenvalue weighted by Gasteiger charge is 2.15. The number of halogens is 1. The molecule has 2 aromatic heterocycles. The van der Waals surface area contributed by atoms with Crippen molar-refractivity contribution in [3.63, 3.8) is 0 Å². The van der Waals surface area contributed by atoms with Crippen LogP contribution in [0.2, 0.25) is 5.02 Å². The summed E-state index contributed by atoms with van der Waals surface area (Å²) in [4.78, 5) is 0. The van der Waals surface area contributed by atoms with Gasteiger partial charge in [-0.05, 0) is 40.6 Å². The van der Waals surface area contributed by atoms with Crippen molar-refractivity contribution in [3.05, 3.63) is 95.6 Å². The van der Waals surface area contributed by atoms with E-state index in [4.69, 9.17) is 16.7 Å². The minimum Gasteiger partial charge on any atom is -0.240 e. The molecule has 5 aromatic rings. The smallest absolute Gasteiger partial charge is 0.0999 e. The van der Waals surface area contributed by atoms with Gasteiger partial charge in [-0.1, -0.05) is 66.2 Å². The summed E-state index contributed by atoms with van der Waals surface area (Å²) in [6, 6.07) is 28.2. The van der Waals surface area contributed by atoms with E-state index in [0.717, 1.165) is 38.7 Å². The highest BCUT2D eigenvalue weighted by atomic mass is 35.5. The predicted molar refractivity (Wildman–Crippen MR) is 113 cm³/mol. The third-order valence-electron chi connectivity index (χ3n) is 4.96. The second-order valence-electron chi connectivity index (χ2n) is 6.61. The van der Waals surface area contributed by atoms with Crippen LogP contribution in [0.15, 0.2) is 85.1 Å². The van der Waals surface area contributed by atoms with Crippen LogP contribution < -0.4 is 0 Å². The molecule has 132 valence electrons. The second-order valence-corrected chi connectivity index (χ2v) is 7.05. The molecule has 0 aliphatic rings. The Morgan fingerprint density at radius 1 is 0.893 bits per heavy atom. The number of hydrogen-bond donors (Lipinski definition) is 0. The van der Waals surface area contributed by atoms with Gasteiger partial charge in [0, 0.05) is 22.3 Å². The molecule has 4 heteroatoms. The van der Waals surface area contributed by atoms with E-state index in [1.807, 2.05) is 65.3 Å². The Hall–Kier alpha value is -3.61. The Kier molecular flexibility index (Phi) is 3.86. The van der Waals surface area contributed by atoms with E-state index < -0.39 is 0 Å². The number of nitrogens with zero attached hydrogens (tertiary/aromatic N) is 3. The molecule has 0 atom stereocenters. The van der Waals surface area contributed by atoms with Crippen LogP contribution in [0.5, 0.6) is 0 Å². The van der Waals surface area contributed by atoms with E-state index in [9.17, 15) is 5.26 Å². The van der Waals surface area contributed by atoms with Crippen molar-refractivity contribution in [2.75, 3.05) is 0 Å². The van der Waals surface area contributed by atoms with Gasteiger partial charge >= 0.3 is 0 Å². The third-order valence-corrected chi connectivity index (χ3v) is 5.22. The van der Waals surface area contributed by atoms with Crippen molar-refractivity contribution in [3.8, 4) is 28.5 Å². The molecule has 0 aliphatic carbocycles. The van der Waals surface area contributed by atoms with E-state index in [1.165, 1.54) is 0 Å². The number of rotatable bonds is 2. The maximum absolute atomic E-state index is 9.77. The quantitative estimate of drug-likeness (QED) is 0.358. The minimum absolute atomic E-state index is 0.631. The van der Waals surface area contributed by atoms with Gasteiger partial charge in [-0.25, -0.2) is 4.52 Å². The molecule has 0 spiro atoms. The Morgan fingerprint density at radius 3 is 2.50 bits per heavy atom. The molecule has 0 bridgehead atoms. The van der Waals surface area contributed by atoms with Gasteiger partial charge in [0.25, 0.3) is 0 Å².